The number of aryl methyl sites for hydroxylation is 1. The predicted octanol–water partition coefficient (Wildman–Crippen LogP) is 4.25. The van der Waals surface area contributed by atoms with Crippen molar-refractivity contribution in [2.45, 2.75) is 6.92 Å². The Hall–Kier alpha value is -2.30. The van der Waals surface area contributed by atoms with Crippen molar-refractivity contribution in [3.8, 4) is 16.9 Å². The number of nitrogens with zero attached hydrogens (tertiary/aromatic N) is 2. The van der Waals surface area contributed by atoms with E-state index in [1.165, 1.54) is 0 Å². The summed E-state index contributed by atoms with van der Waals surface area (Å²) in [6, 6.07) is 14.3. The Labute approximate surface area is 143 Å². The number of aromatic nitrogens is 2. The lowest BCUT2D eigenvalue weighted by molar-refractivity contribution is 0.100. The van der Waals surface area contributed by atoms with Gasteiger partial charge in [0.05, 0.1) is 27.1 Å². The molecule has 0 saturated heterocycles. The summed E-state index contributed by atoms with van der Waals surface area (Å²) in [5.41, 5.74) is 9.20. The molecule has 2 aromatic carbocycles. The molecule has 0 spiro atoms. The zero-order valence-corrected chi connectivity index (χ0v) is 13.8. The van der Waals surface area contributed by atoms with Crippen LogP contribution in [0, 0.1) is 6.92 Å². The summed E-state index contributed by atoms with van der Waals surface area (Å²) in [4.78, 5) is 11.2. The van der Waals surface area contributed by atoms with Crippen molar-refractivity contribution in [2.24, 2.45) is 5.73 Å². The SMILES string of the molecule is Cc1cc(-c2ccc(Cl)c(Cl)c2)n(-c2ccc(C(N)=O)cc2)n1. The number of hydrogen-bond acceptors (Lipinski definition) is 2. The Morgan fingerprint density at radius 1 is 1.04 bits per heavy atom. The van der Waals surface area contributed by atoms with Crippen molar-refractivity contribution < 1.29 is 4.79 Å². The van der Waals surface area contributed by atoms with Crippen molar-refractivity contribution in [3.63, 3.8) is 0 Å². The third-order valence-electron chi connectivity index (χ3n) is 3.44. The van der Waals surface area contributed by atoms with Crippen LogP contribution in [-0.2, 0) is 0 Å². The van der Waals surface area contributed by atoms with Gasteiger partial charge < -0.3 is 5.73 Å². The van der Waals surface area contributed by atoms with E-state index >= 15 is 0 Å². The number of benzene rings is 2. The Bertz CT molecular complexity index is 885. The molecule has 3 aromatic rings. The number of amides is 1. The molecular weight excluding hydrogens is 333 g/mol. The second kappa shape index (κ2) is 6.07. The molecule has 3 rings (SSSR count). The third-order valence-corrected chi connectivity index (χ3v) is 4.18. The Kier molecular flexibility index (Phi) is 4.11. The van der Waals surface area contributed by atoms with Crippen LogP contribution in [0.2, 0.25) is 10.0 Å². The van der Waals surface area contributed by atoms with E-state index in [0.717, 1.165) is 22.6 Å². The number of halogens is 2. The summed E-state index contributed by atoms with van der Waals surface area (Å²) in [5.74, 6) is -0.460. The van der Waals surface area contributed by atoms with Crippen LogP contribution in [-0.4, -0.2) is 15.7 Å². The lowest BCUT2D eigenvalue weighted by atomic mass is 10.1. The number of rotatable bonds is 3. The molecular formula is C17H13Cl2N3O. The van der Waals surface area contributed by atoms with Gasteiger partial charge in [0.2, 0.25) is 5.91 Å². The minimum Gasteiger partial charge on any atom is -0.366 e. The molecule has 2 N–H and O–H groups in total. The number of hydrogen-bond donors (Lipinski definition) is 1. The predicted molar refractivity (Wildman–Crippen MR) is 92.3 cm³/mol. The van der Waals surface area contributed by atoms with Gasteiger partial charge in [0.25, 0.3) is 0 Å². The lowest BCUT2D eigenvalue weighted by Gasteiger charge is -2.09. The van der Waals surface area contributed by atoms with Crippen molar-refractivity contribution in [1.29, 1.82) is 0 Å². The molecule has 4 nitrogen and oxygen atoms in total. The summed E-state index contributed by atoms with van der Waals surface area (Å²) in [6.45, 7) is 1.91. The van der Waals surface area contributed by atoms with Crippen LogP contribution in [0.15, 0.2) is 48.5 Å². The van der Waals surface area contributed by atoms with Crippen LogP contribution in [0.1, 0.15) is 16.1 Å². The molecule has 1 aromatic heterocycles. The van der Waals surface area contributed by atoms with E-state index in [1.807, 2.05) is 19.1 Å². The molecule has 0 bridgehead atoms. The van der Waals surface area contributed by atoms with Crippen LogP contribution >= 0.6 is 23.2 Å². The van der Waals surface area contributed by atoms with Crippen LogP contribution in [0.25, 0.3) is 16.9 Å². The molecule has 0 fully saturated rings. The van der Waals surface area contributed by atoms with Gasteiger partial charge in [0, 0.05) is 11.1 Å². The van der Waals surface area contributed by atoms with Crippen LogP contribution < -0.4 is 5.73 Å². The Balaban J connectivity index is 2.10. The van der Waals surface area contributed by atoms with E-state index in [1.54, 1.807) is 41.1 Å². The number of primary amides is 1. The molecule has 23 heavy (non-hydrogen) atoms. The first-order chi connectivity index (χ1) is 11.0. The standard InChI is InChI=1S/C17H13Cl2N3O/c1-10-8-16(12-4-7-14(18)15(19)9-12)22(21-10)13-5-2-11(3-6-13)17(20)23/h2-9H,1H3,(H2,20,23). The smallest absolute Gasteiger partial charge is 0.248 e. The van der Waals surface area contributed by atoms with E-state index < -0.39 is 5.91 Å². The zero-order valence-electron chi connectivity index (χ0n) is 12.3. The van der Waals surface area contributed by atoms with E-state index in [0.29, 0.717) is 15.6 Å². The Morgan fingerprint density at radius 2 is 1.74 bits per heavy atom. The van der Waals surface area contributed by atoms with Crippen molar-refractivity contribution in [1.82, 2.24) is 9.78 Å². The largest absolute Gasteiger partial charge is 0.366 e. The highest BCUT2D eigenvalue weighted by Crippen LogP contribution is 2.30. The number of carbonyl (C=O) groups excluding carboxylic acids is 1. The van der Waals surface area contributed by atoms with Crippen LogP contribution in [0.4, 0.5) is 0 Å². The highest BCUT2D eigenvalue weighted by molar-refractivity contribution is 6.42. The average Bonchev–Trinajstić information content (AvgIpc) is 2.92. The molecule has 0 aliphatic heterocycles. The van der Waals surface area contributed by atoms with Gasteiger partial charge in [-0.05, 0) is 49.4 Å². The summed E-state index contributed by atoms with van der Waals surface area (Å²) >= 11 is 12.1. The van der Waals surface area contributed by atoms with Gasteiger partial charge in [-0.2, -0.15) is 5.10 Å². The maximum absolute atomic E-state index is 11.2. The van der Waals surface area contributed by atoms with Gasteiger partial charge in [-0.3, -0.25) is 4.79 Å². The topological polar surface area (TPSA) is 60.9 Å². The molecule has 1 amide bonds. The molecule has 6 heteroatoms. The molecule has 0 aliphatic carbocycles. The fraction of sp³-hybridized carbons (Fsp3) is 0.0588. The van der Waals surface area contributed by atoms with Crippen molar-refractivity contribution in [2.75, 3.05) is 0 Å². The quantitative estimate of drug-likeness (QED) is 0.771. The van der Waals surface area contributed by atoms with Crippen molar-refractivity contribution >= 4 is 29.1 Å². The first-order valence-electron chi connectivity index (χ1n) is 6.88. The normalized spacial score (nSPS) is 10.7. The van der Waals surface area contributed by atoms with Gasteiger partial charge in [-0.25, -0.2) is 4.68 Å². The molecule has 1 heterocycles. The third kappa shape index (κ3) is 3.09. The molecule has 0 radical (unpaired) electrons. The average molecular weight is 346 g/mol. The summed E-state index contributed by atoms with van der Waals surface area (Å²) < 4.78 is 1.79. The van der Waals surface area contributed by atoms with Gasteiger partial charge in [0.15, 0.2) is 0 Å². The lowest BCUT2D eigenvalue weighted by Crippen LogP contribution is -2.10. The van der Waals surface area contributed by atoms with Crippen LogP contribution in [0.3, 0.4) is 0 Å². The maximum atomic E-state index is 11.2. The monoisotopic (exact) mass is 345 g/mol. The van der Waals surface area contributed by atoms with E-state index in [-0.39, 0.29) is 0 Å². The number of carbonyl (C=O) groups is 1. The highest BCUT2D eigenvalue weighted by Gasteiger charge is 2.12. The molecule has 116 valence electrons. The molecule has 0 saturated carbocycles. The fourth-order valence-electron chi connectivity index (χ4n) is 2.32. The second-order valence-electron chi connectivity index (χ2n) is 5.12. The van der Waals surface area contributed by atoms with Crippen molar-refractivity contribution in [3.05, 3.63) is 69.8 Å². The van der Waals surface area contributed by atoms with Gasteiger partial charge in [-0.1, -0.05) is 29.3 Å². The molecule has 0 atom stereocenters. The Morgan fingerprint density at radius 3 is 2.35 bits per heavy atom. The summed E-state index contributed by atoms with van der Waals surface area (Å²) in [5, 5.41) is 5.50. The summed E-state index contributed by atoms with van der Waals surface area (Å²) in [6.07, 6.45) is 0. The minimum atomic E-state index is -0.460. The van der Waals surface area contributed by atoms with Crippen LogP contribution in [0.5, 0.6) is 0 Å². The van der Waals surface area contributed by atoms with Gasteiger partial charge in [-0.15, -0.1) is 0 Å². The van der Waals surface area contributed by atoms with Gasteiger partial charge >= 0.3 is 0 Å². The first-order valence-corrected chi connectivity index (χ1v) is 7.63. The molecule has 0 unspecified atom stereocenters. The molecule has 0 aliphatic rings. The zero-order chi connectivity index (χ0) is 16.6. The number of nitrogens with two attached hydrogens (primary N) is 1. The summed E-state index contributed by atoms with van der Waals surface area (Å²) in [7, 11) is 0. The first kappa shape index (κ1) is 15.6. The highest BCUT2D eigenvalue weighted by atomic mass is 35.5. The fourth-order valence-corrected chi connectivity index (χ4v) is 2.62. The maximum Gasteiger partial charge on any atom is 0.248 e. The van der Waals surface area contributed by atoms with E-state index in [2.05, 4.69) is 5.10 Å². The van der Waals surface area contributed by atoms with E-state index in [9.17, 15) is 4.79 Å². The van der Waals surface area contributed by atoms with Gasteiger partial charge in [0.1, 0.15) is 0 Å². The van der Waals surface area contributed by atoms with E-state index in [4.69, 9.17) is 28.9 Å². The minimum absolute atomic E-state index is 0.453. The second-order valence-corrected chi connectivity index (χ2v) is 5.94.